The van der Waals surface area contributed by atoms with E-state index in [1.807, 2.05) is 10.8 Å². The predicted molar refractivity (Wildman–Crippen MR) is 68.4 cm³/mol. The zero-order chi connectivity index (χ0) is 12.7. The van der Waals surface area contributed by atoms with Crippen LogP contribution in [0.3, 0.4) is 0 Å². The Balaban J connectivity index is 2.60. The molecule has 1 rings (SSSR count). The molecule has 2 unspecified atom stereocenters. The van der Waals surface area contributed by atoms with Crippen molar-refractivity contribution in [3.63, 3.8) is 0 Å². The Kier molecular flexibility index (Phi) is 6.18. The molecule has 0 radical (unpaired) electrons. The smallest absolute Gasteiger partial charge is 0.139 e. The molecule has 0 spiro atoms. The average molecular weight is 240 g/mol. The zero-order valence-corrected chi connectivity index (χ0v) is 10.5. The van der Waals surface area contributed by atoms with Crippen molar-refractivity contribution >= 4 is 0 Å². The van der Waals surface area contributed by atoms with Gasteiger partial charge < -0.3 is 21.1 Å². The van der Waals surface area contributed by atoms with E-state index >= 15 is 0 Å². The molecule has 0 aliphatic heterocycles. The van der Waals surface area contributed by atoms with Crippen LogP contribution in [0.1, 0.15) is 44.5 Å². The third kappa shape index (κ3) is 4.11. The molecule has 1 aromatic heterocycles. The number of aryl methyl sites for hydroxylation is 1. The van der Waals surface area contributed by atoms with E-state index in [1.54, 1.807) is 6.20 Å². The van der Waals surface area contributed by atoms with E-state index in [9.17, 15) is 5.11 Å². The molecule has 98 valence electrons. The van der Waals surface area contributed by atoms with Crippen LogP contribution in [0.15, 0.2) is 12.4 Å². The summed E-state index contributed by atoms with van der Waals surface area (Å²) in [4.78, 5) is 4.19. The first-order chi connectivity index (χ1) is 8.20. The van der Waals surface area contributed by atoms with Crippen molar-refractivity contribution in [2.45, 2.75) is 51.3 Å². The second-order valence-electron chi connectivity index (χ2n) is 4.37. The predicted octanol–water partition coefficient (Wildman–Crippen LogP) is 0.783. The van der Waals surface area contributed by atoms with E-state index in [2.05, 4.69) is 11.9 Å². The highest BCUT2D eigenvalue weighted by Gasteiger charge is 2.20. The first kappa shape index (κ1) is 14.2. The Hall–Kier alpha value is -0.910. The molecule has 1 heterocycles. The van der Waals surface area contributed by atoms with Gasteiger partial charge in [-0.3, -0.25) is 0 Å². The van der Waals surface area contributed by atoms with Gasteiger partial charge in [0.25, 0.3) is 0 Å². The Labute approximate surface area is 103 Å². The van der Waals surface area contributed by atoms with E-state index in [0.717, 1.165) is 32.2 Å². The van der Waals surface area contributed by atoms with Crippen LogP contribution in [-0.4, -0.2) is 27.2 Å². The summed E-state index contributed by atoms with van der Waals surface area (Å²) in [6, 6.07) is -0.242. The van der Waals surface area contributed by atoms with Gasteiger partial charge >= 0.3 is 0 Å². The quantitative estimate of drug-likeness (QED) is 0.626. The number of aromatic nitrogens is 2. The lowest BCUT2D eigenvalue weighted by Gasteiger charge is -2.19. The summed E-state index contributed by atoms with van der Waals surface area (Å²) in [5.74, 6) is 0.655. The fraction of sp³-hybridized carbons (Fsp3) is 0.750. The molecule has 0 fully saturated rings. The first-order valence-electron chi connectivity index (χ1n) is 6.35. The third-order valence-corrected chi connectivity index (χ3v) is 2.91. The van der Waals surface area contributed by atoms with Crippen molar-refractivity contribution in [1.82, 2.24) is 9.55 Å². The van der Waals surface area contributed by atoms with Gasteiger partial charge in [-0.1, -0.05) is 19.8 Å². The Morgan fingerprint density at radius 1 is 1.47 bits per heavy atom. The highest BCUT2D eigenvalue weighted by Crippen LogP contribution is 2.17. The molecule has 1 aromatic rings. The molecular weight excluding hydrogens is 216 g/mol. The van der Waals surface area contributed by atoms with Gasteiger partial charge in [0.15, 0.2) is 0 Å². The number of aliphatic hydroxyl groups is 1. The zero-order valence-electron chi connectivity index (χ0n) is 10.5. The van der Waals surface area contributed by atoms with Gasteiger partial charge in [0.1, 0.15) is 11.9 Å². The van der Waals surface area contributed by atoms with Crippen LogP contribution in [0, 0.1) is 0 Å². The van der Waals surface area contributed by atoms with Gasteiger partial charge in [-0.25, -0.2) is 4.98 Å². The molecule has 17 heavy (non-hydrogen) atoms. The third-order valence-electron chi connectivity index (χ3n) is 2.91. The minimum Gasteiger partial charge on any atom is -0.384 e. The number of unbranched alkanes of at least 4 members (excludes halogenated alkanes) is 1. The Bertz CT molecular complexity index is 313. The number of hydrogen-bond acceptors (Lipinski definition) is 4. The topological polar surface area (TPSA) is 90.1 Å². The lowest BCUT2D eigenvalue weighted by atomic mass is 10.0. The second kappa shape index (κ2) is 7.42. The molecular formula is C12H24N4O. The highest BCUT2D eigenvalue weighted by atomic mass is 16.3. The van der Waals surface area contributed by atoms with Crippen molar-refractivity contribution in [1.29, 1.82) is 0 Å². The summed E-state index contributed by atoms with van der Waals surface area (Å²) >= 11 is 0. The molecule has 0 aliphatic rings. The van der Waals surface area contributed by atoms with Gasteiger partial charge in [-0.2, -0.15) is 0 Å². The molecule has 0 aliphatic carbocycles. The van der Waals surface area contributed by atoms with Gasteiger partial charge in [0.05, 0.1) is 0 Å². The molecule has 5 nitrogen and oxygen atoms in total. The largest absolute Gasteiger partial charge is 0.384 e. The Morgan fingerprint density at radius 2 is 2.24 bits per heavy atom. The normalized spacial score (nSPS) is 14.8. The molecule has 0 aromatic carbocycles. The lowest BCUT2D eigenvalue weighted by molar-refractivity contribution is 0.127. The van der Waals surface area contributed by atoms with Crippen molar-refractivity contribution < 1.29 is 5.11 Å². The van der Waals surface area contributed by atoms with Crippen LogP contribution < -0.4 is 11.5 Å². The molecule has 2 atom stereocenters. The van der Waals surface area contributed by atoms with E-state index < -0.39 is 6.10 Å². The summed E-state index contributed by atoms with van der Waals surface area (Å²) in [5, 5.41) is 10.1. The maximum absolute atomic E-state index is 10.1. The fourth-order valence-corrected chi connectivity index (χ4v) is 1.83. The number of rotatable bonds is 8. The number of hydrogen-bond donors (Lipinski definition) is 3. The van der Waals surface area contributed by atoms with Gasteiger partial charge in [0, 0.05) is 25.0 Å². The number of aliphatic hydroxyl groups excluding tert-OH is 1. The summed E-state index contributed by atoms with van der Waals surface area (Å²) < 4.78 is 1.93. The lowest BCUT2D eigenvalue weighted by Crippen LogP contribution is -2.30. The maximum atomic E-state index is 10.1. The molecule has 5 heteroatoms. The molecule has 0 bridgehead atoms. The number of nitrogens with zero attached hydrogens (tertiary/aromatic N) is 2. The van der Waals surface area contributed by atoms with Gasteiger partial charge in [-0.15, -0.1) is 0 Å². The van der Waals surface area contributed by atoms with Crippen molar-refractivity contribution in [3.05, 3.63) is 18.2 Å². The number of imidazole rings is 1. The SMILES string of the molecule is CCCCC(N)C(O)c1nccn1CCCN. The molecule has 5 N–H and O–H groups in total. The molecule has 0 saturated carbocycles. The van der Waals surface area contributed by atoms with Crippen LogP contribution in [0.5, 0.6) is 0 Å². The van der Waals surface area contributed by atoms with Crippen molar-refractivity contribution in [2.75, 3.05) is 6.54 Å². The highest BCUT2D eigenvalue weighted by molar-refractivity contribution is 4.99. The first-order valence-corrected chi connectivity index (χ1v) is 6.35. The minimum atomic E-state index is -0.686. The van der Waals surface area contributed by atoms with Crippen LogP contribution in [0.2, 0.25) is 0 Å². The summed E-state index contributed by atoms with van der Waals surface area (Å²) in [5.41, 5.74) is 11.4. The average Bonchev–Trinajstić information content (AvgIpc) is 2.80. The maximum Gasteiger partial charge on any atom is 0.139 e. The summed E-state index contributed by atoms with van der Waals surface area (Å²) in [6.45, 7) is 3.53. The second-order valence-corrected chi connectivity index (χ2v) is 4.37. The van der Waals surface area contributed by atoms with Crippen LogP contribution in [-0.2, 0) is 6.54 Å². The van der Waals surface area contributed by atoms with Crippen LogP contribution >= 0.6 is 0 Å². The van der Waals surface area contributed by atoms with Gasteiger partial charge in [-0.05, 0) is 19.4 Å². The summed E-state index contributed by atoms with van der Waals surface area (Å²) in [6.07, 6.45) is 6.68. The van der Waals surface area contributed by atoms with Crippen molar-refractivity contribution in [3.8, 4) is 0 Å². The molecule has 0 amide bonds. The molecule has 0 saturated heterocycles. The standard InChI is InChI=1S/C12H24N4O/c1-2-3-5-10(14)11(17)12-15-7-9-16(12)8-4-6-13/h7,9-11,17H,2-6,8,13-14H2,1H3. The monoisotopic (exact) mass is 240 g/mol. The van der Waals surface area contributed by atoms with Crippen LogP contribution in [0.25, 0.3) is 0 Å². The van der Waals surface area contributed by atoms with Gasteiger partial charge in [0.2, 0.25) is 0 Å². The summed E-state index contributed by atoms with van der Waals surface area (Å²) in [7, 11) is 0. The minimum absolute atomic E-state index is 0.242. The number of nitrogens with two attached hydrogens (primary N) is 2. The Morgan fingerprint density at radius 3 is 2.88 bits per heavy atom. The van der Waals surface area contributed by atoms with Crippen molar-refractivity contribution in [2.24, 2.45) is 11.5 Å². The van der Waals surface area contributed by atoms with E-state index in [4.69, 9.17) is 11.5 Å². The van der Waals surface area contributed by atoms with E-state index in [-0.39, 0.29) is 6.04 Å². The van der Waals surface area contributed by atoms with Crippen LogP contribution in [0.4, 0.5) is 0 Å². The van der Waals surface area contributed by atoms with E-state index in [0.29, 0.717) is 12.4 Å². The van der Waals surface area contributed by atoms with E-state index in [1.165, 1.54) is 0 Å². The fourth-order valence-electron chi connectivity index (χ4n) is 1.83.